The fourth-order valence-corrected chi connectivity index (χ4v) is 2.38. The maximum Gasteiger partial charge on any atom is 0.144 e. The highest BCUT2D eigenvalue weighted by Crippen LogP contribution is 2.33. The Hall–Kier alpha value is -0.630. The molecule has 0 spiro atoms. The van der Waals surface area contributed by atoms with E-state index in [0.29, 0.717) is 12.2 Å². The number of hydrogen-bond acceptors (Lipinski definition) is 2. The minimum atomic E-state index is -0.0822. The summed E-state index contributed by atoms with van der Waals surface area (Å²) in [6.07, 6.45) is 6.55. The summed E-state index contributed by atoms with van der Waals surface area (Å²) in [7, 11) is 0. The molecule has 0 aromatic heterocycles. The lowest BCUT2D eigenvalue weighted by atomic mass is 9.73. The van der Waals surface area contributed by atoms with Gasteiger partial charge in [-0.05, 0) is 25.8 Å². The first-order chi connectivity index (χ1) is 6.75. The maximum absolute atomic E-state index is 12.0. The lowest BCUT2D eigenvalue weighted by Gasteiger charge is -2.36. The highest BCUT2D eigenvalue weighted by molar-refractivity contribution is 5.86. The molecular weight excluding hydrogens is 174 g/mol. The topological polar surface area (TPSA) is 29.1 Å². The molecule has 0 radical (unpaired) electrons. The van der Waals surface area contributed by atoms with Crippen molar-refractivity contribution >= 4 is 5.78 Å². The summed E-state index contributed by atoms with van der Waals surface area (Å²) in [5, 5.41) is 3.34. The zero-order valence-electron chi connectivity index (χ0n) is 9.14. The van der Waals surface area contributed by atoms with Crippen molar-refractivity contribution in [2.75, 3.05) is 13.1 Å². The van der Waals surface area contributed by atoms with Crippen LogP contribution in [0.4, 0.5) is 0 Å². The molecule has 2 heteroatoms. The van der Waals surface area contributed by atoms with Crippen molar-refractivity contribution in [2.45, 2.75) is 39.0 Å². The molecular formula is C12H21NO. The van der Waals surface area contributed by atoms with Gasteiger partial charge in [-0.15, -0.1) is 6.58 Å². The summed E-state index contributed by atoms with van der Waals surface area (Å²) in [5.41, 5.74) is -0.0822. The molecule has 1 rings (SSSR count). The molecule has 0 aliphatic carbocycles. The Labute approximate surface area is 86.8 Å². The number of hydrogen-bond donors (Lipinski definition) is 1. The van der Waals surface area contributed by atoms with Gasteiger partial charge in [0.1, 0.15) is 5.78 Å². The molecule has 80 valence electrons. The average molecular weight is 195 g/mol. The van der Waals surface area contributed by atoms with Crippen molar-refractivity contribution in [3.63, 3.8) is 0 Å². The SMILES string of the molecule is C=CCC(=O)C1(CCC)CCCNC1. The van der Waals surface area contributed by atoms with Crippen LogP contribution in [0, 0.1) is 5.41 Å². The minimum Gasteiger partial charge on any atom is -0.316 e. The summed E-state index contributed by atoms with van der Waals surface area (Å²) in [4.78, 5) is 12.0. The van der Waals surface area contributed by atoms with E-state index in [1.54, 1.807) is 6.08 Å². The number of piperidine rings is 1. The van der Waals surface area contributed by atoms with E-state index < -0.39 is 0 Å². The first kappa shape index (κ1) is 11.4. The molecule has 0 bridgehead atoms. The Morgan fingerprint density at radius 1 is 1.64 bits per heavy atom. The lowest BCUT2D eigenvalue weighted by molar-refractivity contribution is -0.129. The van der Waals surface area contributed by atoms with Gasteiger partial charge < -0.3 is 5.32 Å². The molecule has 14 heavy (non-hydrogen) atoms. The Kier molecular flexibility index (Phi) is 4.33. The molecule has 1 saturated heterocycles. The maximum atomic E-state index is 12.0. The fraction of sp³-hybridized carbons (Fsp3) is 0.750. The van der Waals surface area contributed by atoms with E-state index in [1.165, 1.54) is 0 Å². The Balaban J connectivity index is 2.68. The van der Waals surface area contributed by atoms with Gasteiger partial charge in [0.25, 0.3) is 0 Å². The molecule has 2 nitrogen and oxygen atoms in total. The fourth-order valence-electron chi connectivity index (χ4n) is 2.38. The van der Waals surface area contributed by atoms with Crippen LogP contribution >= 0.6 is 0 Å². The second-order valence-corrected chi connectivity index (χ2v) is 4.23. The minimum absolute atomic E-state index is 0.0822. The van der Waals surface area contributed by atoms with E-state index in [4.69, 9.17) is 0 Å². The largest absolute Gasteiger partial charge is 0.316 e. The first-order valence-corrected chi connectivity index (χ1v) is 5.60. The average Bonchev–Trinajstić information content (AvgIpc) is 2.20. The van der Waals surface area contributed by atoms with E-state index in [0.717, 1.165) is 38.8 Å². The van der Waals surface area contributed by atoms with Gasteiger partial charge in [0, 0.05) is 18.4 Å². The molecule has 1 atom stereocenters. The van der Waals surface area contributed by atoms with Gasteiger partial charge in [0.15, 0.2) is 0 Å². The predicted molar refractivity (Wildman–Crippen MR) is 59.3 cm³/mol. The van der Waals surface area contributed by atoms with Gasteiger partial charge in [-0.2, -0.15) is 0 Å². The molecule has 0 saturated carbocycles. The zero-order valence-corrected chi connectivity index (χ0v) is 9.14. The van der Waals surface area contributed by atoms with E-state index in [2.05, 4.69) is 18.8 Å². The number of ketones is 1. The summed E-state index contributed by atoms with van der Waals surface area (Å²) in [5.74, 6) is 0.376. The van der Waals surface area contributed by atoms with Crippen LogP contribution in [-0.2, 0) is 4.79 Å². The molecule has 0 amide bonds. The Bertz CT molecular complexity index is 199. The Morgan fingerprint density at radius 3 is 2.93 bits per heavy atom. The lowest BCUT2D eigenvalue weighted by Crippen LogP contribution is -2.45. The van der Waals surface area contributed by atoms with Crippen LogP contribution in [0.25, 0.3) is 0 Å². The molecule has 0 aromatic carbocycles. The smallest absolute Gasteiger partial charge is 0.144 e. The highest BCUT2D eigenvalue weighted by Gasteiger charge is 2.37. The molecule has 1 aliphatic heterocycles. The van der Waals surface area contributed by atoms with Crippen LogP contribution in [0.1, 0.15) is 39.0 Å². The van der Waals surface area contributed by atoms with Crippen LogP contribution in [0.2, 0.25) is 0 Å². The third kappa shape index (κ3) is 2.44. The Morgan fingerprint density at radius 2 is 2.43 bits per heavy atom. The number of allylic oxidation sites excluding steroid dienone is 1. The van der Waals surface area contributed by atoms with E-state index in [-0.39, 0.29) is 5.41 Å². The van der Waals surface area contributed by atoms with E-state index >= 15 is 0 Å². The van der Waals surface area contributed by atoms with Crippen LogP contribution in [0.15, 0.2) is 12.7 Å². The standard InChI is InChI=1S/C12H21NO/c1-3-6-11(14)12(7-4-2)8-5-9-13-10-12/h3,13H,1,4-10H2,2H3. The van der Waals surface area contributed by atoms with Crippen molar-refractivity contribution in [1.82, 2.24) is 5.32 Å². The zero-order chi connectivity index (χ0) is 10.4. The molecule has 0 aromatic rings. The quantitative estimate of drug-likeness (QED) is 0.682. The van der Waals surface area contributed by atoms with Crippen molar-refractivity contribution in [3.8, 4) is 0 Å². The summed E-state index contributed by atoms with van der Waals surface area (Å²) in [6, 6.07) is 0. The second kappa shape index (κ2) is 5.30. The normalized spacial score (nSPS) is 27.2. The second-order valence-electron chi connectivity index (χ2n) is 4.23. The molecule has 1 N–H and O–H groups in total. The van der Waals surface area contributed by atoms with Gasteiger partial charge >= 0.3 is 0 Å². The third-order valence-corrected chi connectivity index (χ3v) is 3.12. The first-order valence-electron chi connectivity index (χ1n) is 5.60. The number of rotatable bonds is 5. The molecule has 1 unspecified atom stereocenters. The van der Waals surface area contributed by atoms with Crippen molar-refractivity contribution in [2.24, 2.45) is 5.41 Å². The third-order valence-electron chi connectivity index (χ3n) is 3.12. The van der Waals surface area contributed by atoms with Crippen molar-refractivity contribution < 1.29 is 4.79 Å². The number of nitrogens with one attached hydrogen (secondary N) is 1. The van der Waals surface area contributed by atoms with Crippen LogP contribution < -0.4 is 5.32 Å². The molecule has 1 aliphatic rings. The van der Waals surface area contributed by atoms with E-state index in [9.17, 15) is 4.79 Å². The number of carbonyl (C=O) groups is 1. The predicted octanol–water partition coefficient (Wildman–Crippen LogP) is 2.30. The van der Waals surface area contributed by atoms with Gasteiger partial charge in [-0.25, -0.2) is 0 Å². The highest BCUT2D eigenvalue weighted by atomic mass is 16.1. The molecule has 1 heterocycles. The van der Waals surface area contributed by atoms with Gasteiger partial charge in [0.2, 0.25) is 0 Å². The van der Waals surface area contributed by atoms with E-state index in [1.807, 2.05) is 0 Å². The monoisotopic (exact) mass is 195 g/mol. The summed E-state index contributed by atoms with van der Waals surface area (Å²) in [6.45, 7) is 7.73. The molecule has 1 fully saturated rings. The van der Waals surface area contributed by atoms with Crippen LogP contribution in [-0.4, -0.2) is 18.9 Å². The number of Topliss-reactive ketones (excluding diaryl/α,β-unsaturated/α-hetero) is 1. The van der Waals surface area contributed by atoms with Crippen molar-refractivity contribution in [1.29, 1.82) is 0 Å². The van der Waals surface area contributed by atoms with Crippen molar-refractivity contribution in [3.05, 3.63) is 12.7 Å². The van der Waals surface area contributed by atoms with Crippen LogP contribution in [0.5, 0.6) is 0 Å². The number of carbonyl (C=O) groups excluding carboxylic acids is 1. The van der Waals surface area contributed by atoms with Crippen LogP contribution in [0.3, 0.4) is 0 Å². The van der Waals surface area contributed by atoms with Gasteiger partial charge in [-0.3, -0.25) is 4.79 Å². The van der Waals surface area contributed by atoms with Gasteiger partial charge in [0.05, 0.1) is 0 Å². The summed E-state index contributed by atoms with van der Waals surface area (Å²) < 4.78 is 0. The van der Waals surface area contributed by atoms with Gasteiger partial charge in [-0.1, -0.05) is 19.4 Å². The summed E-state index contributed by atoms with van der Waals surface area (Å²) >= 11 is 0.